The molecule has 0 aliphatic heterocycles. The van der Waals surface area contributed by atoms with Crippen molar-refractivity contribution in [1.82, 2.24) is 0 Å². The molecule has 0 heteroatoms. The SMILES string of the molecule is C=C(CC)C(C)Cc1c(C(C)C)c(=C)c2cc3ccccc3cc2c1=C. The largest absolute Gasteiger partial charge is 0.0996 e. The van der Waals surface area contributed by atoms with Crippen LogP contribution in [-0.4, -0.2) is 0 Å². The summed E-state index contributed by atoms with van der Waals surface area (Å²) >= 11 is 0. The Bertz CT molecular complexity index is 1080. The first-order valence-corrected chi connectivity index (χ1v) is 9.67. The molecular weight excluding hydrogens is 312 g/mol. The third-order valence-corrected chi connectivity index (χ3v) is 5.79. The van der Waals surface area contributed by atoms with Crippen LogP contribution in [0.1, 0.15) is 51.2 Å². The second-order valence-electron chi connectivity index (χ2n) is 7.87. The third-order valence-electron chi connectivity index (χ3n) is 5.79. The van der Waals surface area contributed by atoms with Crippen molar-refractivity contribution in [2.45, 2.75) is 46.5 Å². The lowest BCUT2D eigenvalue weighted by atomic mass is 9.83. The van der Waals surface area contributed by atoms with Gasteiger partial charge in [0.2, 0.25) is 0 Å². The van der Waals surface area contributed by atoms with Gasteiger partial charge in [0.05, 0.1) is 0 Å². The average Bonchev–Trinajstić information content (AvgIpc) is 2.63. The fourth-order valence-corrected chi connectivity index (χ4v) is 4.12. The van der Waals surface area contributed by atoms with E-state index in [0.717, 1.165) is 23.3 Å². The highest BCUT2D eigenvalue weighted by molar-refractivity contribution is 5.99. The van der Waals surface area contributed by atoms with E-state index in [1.165, 1.54) is 38.2 Å². The van der Waals surface area contributed by atoms with Crippen LogP contribution < -0.4 is 10.4 Å². The van der Waals surface area contributed by atoms with Crippen LogP contribution in [0.4, 0.5) is 0 Å². The first kappa shape index (κ1) is 18.5. The van der Waals surface area contributed by atoms with Crippen molar-refractivity contribution in [3.63, 3.8) is 0 Å². The van der Waals surface area contributed by atoms with Crippen LogP contribution in [0, 0.1) is 5.92 Å². The predicted octanol–water partition coefficient (Wildman–Crippen LogP) is 6.08. The molecular formula is C26H30. The van der Waals surface area contributed by atoms with Crippen molar-refractivity contribution in [2.75, 3.05) is 0 Å². The van der Waals surface area contributed by atoms with Gasteiger partial charge < -0.3 is 0 Å². The van der Waals surface area contributed by atoms with Gasteiger partial charge in [0.25, 0.3) is 0 Å². The van der Waals surface area contributed by atoms with Gasteiger partial charge in [-0.3, -0.25) is 0 Å². The number of rotatable bonds is 5. The lowest BCUT2D eigenvalue weighted by Crippen LogP contribution is -2.25. The van der Waals surface area contributed by atoms with E-state index in [4.69, 9.17) is 0 Å². The molecule has 0 fully saturated rings. The molecule has 3 rings (SSSR count). The van der Waals surface area contributed by atoms with Crippen LogP contribution in [-0.2, 0) is 6.42 Å². The second-order valence-corrected chi connectivity index (χ2v) is 7.87. The maximum atomic E-state index is 4.52. The van der Waals surface area contributed by atoms with E-state index in [-0.39, 0.29) is 0 Å². The highest BCUT2D eigenvalue weighted by Crippen LogP contribution is 2.25. The second kappa shape index (κ2) is 7.11. The average molecular weight is 343 g/mol. The minimum Gasteiger partial charge on any atom is -0.0996 e. The van der Waals surface area contributed by atoms with Crippen LogP contribution >= 0.6 is 0 Å². The zero-order valence-electron chi connectivity index (χ0n) is 16.7. The summed E-state index contributed by atoms with van der Waals surface area (Å²) < 4.78 is 0. The zero-order valence-corrected chi connectivity index (χ0v) is 16.7. The van der Waals surface area contributed by atoms with Gasteiger partial charge in [0.15, 0.2) is 0 Å². The Balaban J connectivity index is 2.36. The van der Waals surface area contributed by atoms with E-state index in [0.29, 0.717) is 11.8 Å². The molecule has 0 aliphatic carbocycles. The number of hydrogen-bond acceptors (Lipinski definition) is 0. The van der Waals surface area contributed by atoms with Crippen molar-refractivity contribution in [3.05, 3.63) is 70.1 Å². The smallest absolute Gasteiger partial charge is 0.0102 e. The number of fused-ring (bicyclic) bond motifs is 2. The van der Waals surface area contributed by atoms with Gasteiger partial charge in [0, 0.05) is 0 Å². The Morgan fingerprint density at radius 3 is 1.96 bits per heavy atom. The summed E-state index contributed by atoms with van der Waals surface area (Å²) in [6.45, 7) is 22.3. The Hall–Kier alpha value is -2.34. The van der Waals surface area contributed by atoms with Gasteiger partial charge in [-0.05, 0) is 79.9 Å². The molecule has 0 saturated carbocycles. The molecule has 26 heavy (non-hydrogen) atoms. The molecule has 3 aromatic carbocycles. The fraction of sp³-hybridized carbons (Fsp3) is 0.308. The topological polar surface area (TPSA) is 0 Å². The molecule has 0 saturated heterocycles. The number of benzene rings is 3. The molecule has 0 aliphatic rings. The Morgan fingerprint density at radius 2 is 1.46 bits per heavy atom. The van der Waals surface area contributed by atoms with E-state index in [9.17, 15) is 0 Å². The minimum atomic E-state index is 0.427. The maximum Gasteiger partial charge on any atom is -0.0102 e. The molecule has 0 bridgehead atoms. The molecule has 0 heterocycles. The first-order chi connectivity index (χ1) is 12.3. The van der Waals surface area contributed by atoms with Crippen LogP contribution in [0.5, 0.6) is 0 Å². The van der Waals surface area contributed by atoms with Crippen molar-refractivity contribution in [2.24, 2.45) is 5.92 Å². The fourth-order valence-electron chi connectivity index (χ4n) is 4.12. The van der Waals surface area contributed by atoms with E-state index in [1.54, 1.807) is 0 Å². The number of hydrogen-bond donors (Lipinski definition) is 0. The van der Waals surface area contributed by atoms with E-state index in [1.807, 2.05) is 0 Å². The Morgan fingerprint density at radius 1 is 0.923 bits per heavy atom. The van der Waals surface area contributed by atoms with Crippen LogP contribution in [0.15, 0.2) is 48.6 Å². The highest BCUT2D eigenvalue weighted by Gasteiger charge is 2.17. The minimum absolute atomic E-state index is 0.427. The molecule has 134 valence electrons. The lowest BCUT2D eigenvalue weighted by molar-refractivity contribution is 0.645. The van der Waals surface area contributed by atoms with Gasteiger partial charge in [0.1, 0.15) is 0 Å². The molecule has 0 aromatic heterocycles. The molecule has 1 unspecified atom stereocenters. The molecule has 3 aromatic rings. The normalized spacial score (nSPS) is 12.8. The quantitative estimate of drug-likeness (QED) is 0.389. The lowest BCUT2D eigenvalue weighted by Gasteiger charge is -2.21. The molecule has 0 N–H and O–H groups in total. The Labute approximate surface area is 157 Å². The molecule has 0 amide bonds. The summed E-state index contributed by atoms with van der Waals surface area (Å²) in [4.78, 5) is 0. The van der Waals surface area contributed by atoms with Crippen molar-refractivity contribution >= 4 is 34.7 Å². The van der Waals surface area contributed by atoms with E-state index < -0.39 is 0 Å². The molecule has 0 nitrogen and oxygen atoms in total. The molecule has 1 atom stereocenters. The monoisotopic (exact) mass is 342 g/mol. The summed E-state index contributed by atoms with van der Waals surface area (Å²) in [6.07, 6.45) is 2.02. The highest BCUT2D eigenvalue weighted by atomic mass is 14.2. The van der Waals surface area contributed by atoms with Crippen LogP contribution in [0.25, 0.3) is 34.7 Å². The standard InChI is InChI=1S/C26H30/c1-8-17(4)18(5)13-25-19(6)23-14-21-11-9-10-12-22(21)15-24(23)20(7)26(25)16(2)3/h9-12,14-16,18H,4,6-8,13H2,1-3,5H3. The van der Waals surface area contributed by atoms with Gasteiger partial charge in [-0.25, -0.2) is 0 Å². The number of allylic oxidation sites excluding steroid dienone is 1. The first-order valence-electron chi connectivity index (χ1n) is 9.67. The summed E-state index contributed by atoms with van der Waals surface area (Å²) in [5.41, 5.74) is 4.05. The van der Waals surface area contributed by atoms with Crippen molar-refractivity contribution < 1.29 is 0 Å². The molecule has 0 spiro atoms. The summed E-state index contributed by atoms with van der Waals surface area (Å²) in [5.74, 6) is 0.881. The van der Waals surface area contributed by atoms with E-state index >= 15 is 0 Å². The van der Waals surface area contributed by atoms with Crippen LogP contribution in [0.2, 0.25) is 0 Å². The van der Waals surface area contributed by atoms with Crippen molar-refractivity contribution in [1.29, 1.82) is 0 Å². The van der Waals surface area contributed by atoms with E-state index in [2.05, 4.69) is 83.8 Å². The summed E-state index contributed by atoms with van der Waals surface area (Å²) in [5, 5.41) is 7.33. The van der Waals surface area contributed by atoms with Gasteiger partial charge in [-0.1, -0.05) is 77.3 Å². The Kier molecular flexibility index (Phi) is 5.05. The predicted molar refractivity (Wildman–Crippen MR) is 118 cm³/mol. The van der Waals surface area contributed by atoms with Gasteiger partial charge in [-0.15, -0.1) is 0 Å². The van der Waals surface area contributed by atoms with Crippen LogP contribution in [0.3, 0.4) is 0 Å². The van der Waals surface area contributed by atoms with Crippen molar-refractivity contribution in [3.8, 4) is 0 Å². The third kappa shape index (κ3) is 3.09. The molecule has 0 radical (unpaired) electrons. The van der Waals surface area contributed by atoms with Gasteiger partial charge in [-0.2, -0.15) is 0 Å². The summed E-state index contributed by atoms with van der Waals surface area (Å²) in [6, 6.07) is 13.1. The maximum absolute atomic E-state index is 4.52. The summed E-state index contributed by atoms with van der Waals surface area (Å²) in [7, 11) is 0. The zero-order chi connectivity index (χ0) is 19.0. The van der Waals surface area contributed by atoms with Gasteiger partial charge >= 0.3 is 0 Å².